The standard InChI is InChI=1S/C10H12N2.C9H15NO.C2H5.K.U/c1-11-6-8-7-12-10-5-3-2-4-9(8)10;1-5-3-7-8(4-5)9(7)10-6(2)11;1-2;;/h2-5,7,11-12H,6H2,1H3;5,7-9H,3-4H2,1-2H3,(H,10,11);1H2,2H3;;/q;;-1;;. The van der Waals surface area contributed by atoms with Crippen LogP contribution in [-0.4, -0.2) is 75.4 Å². The SMILES string of the molecule is CC(=O)NC1C2CC(C)CC21.CNCc1c[nH]c2ccccc12.[CH2-]C.[K].[U]. The Labute approximate surface area is 230 Å². The summed E-state index contributed by atoms with van der Waals surface area (Å²) in [6.07, 6.45) is 4.71. The van der Waals surface area contributed by atoms with Crippen LogP contribution in [-0.2, 0) is 11.3 Å². The van der Waals surface area contributed by atoms with Gasteiger partial charge in [0, 0.05) is 119 Å². The first-order valence-corrected chi connectivity index (χ1v) is 9.27. The average Bonchev–Trinajstić information content (AvgIpc) is 2.95. The molecule has 143 valence electrons. The summed E-state index contributed by atoms with van der Waals surface area (Å²) in [7, 11) is 1.96. The minimum absolute atomic E-state index is 0. The van der Waals surface area contributed by atoms with E-state index in [2.05, 4.69) is 53.9 Å². The molecule has 2 aliphatic rings. The molecule has 1 heterocycles. The van der Waals surface area contributed by atoms with Crippen molar-refractivity contribution in [2.24, 2.45) is 17.8 Å². The fourth-order valence-electron chi connectivity index (χ4n) is 4.03. The normalized spacial score (nSPS) is 24.0. The number of hydrogen-bond donors (Lipinski definition) is 3. The van der Waals surface area contributed by atoms with Crippen LogP contribution in [0.4, 0.5) is 0 Å². The molecule has 2 aromatic rings. The van der Waals surface area contributed by atoms with Gasteiger partial charge in [0.2, 0.25) is 5.91 Å². The number of aromatic amines is 1. The van der Waals surface area contributed by atoms with Crippen molar-refractivity contribution >= 4 is 68.2 Å². The van der Waals surface area contributed by atoms with E-state index in [1.54, 1.807) is 13.8 Å². The zero-order chi connectivity index (χ0) is 18.4. The van der Waals surface area contributed by atoms with E-state index in [1.165, 1.54) is 29.3 Å². The average molecular weight is 620 g/mol. The molecule has 0 aliphatic heterocycles. The zero-order valence-corrected chi connectivity index (χ0v) is 24.7. The van der Waals surface area contributed by atoms with Crippen molar-refractivity contribution in [1.82, 2.24) is 15.6 Å². The molecule has 3 N–H and O–H groups in total. The molecule has 1 aromatic carbocycles. The summed E-state index contributed by atoms with van der Waals surface area (Å²) in [5.74, 6) is 2.69. The van der Waals surface area contributed by atoms with Gasteiger partial charge in [-0.15, -0.1) is 0 Å². The number of benzene rings is 1. The predicted molar refractivity (Wildman–Crippen MR) is 111 cm³/mol. The number of fused-ring (bicyclic) bond motifs is 2. The van der Waals surface area contributed by atoms with E-state index in [0.717, 1.165) is 24.3 Å². The van der Waals surface area contributed by atoms with Crippen LogP contribution >= 0.6 is 0 Å². The summed E-state index contributed by atoms with van der Waals surface area (Å²) in [5.41, 5.74) is 2.54. The minimum atomic E-state index is 0. The number of carbonyl (C=O) groups excluding carboxylic acids is 1. The monoisotopic (exact) mass is 619 g/mol. The molecular weight excluding hydrogens is 587 g/mol. The van der Waals surface area contributed by atoms with Gasteiger partial charge in [0.25, 0.3) is 0 Å². The molecule has 0 spiro atoms. The fourth-order valence-corrected chi connectivity index (χ4v) is 4.03. The van der Waals surface area contributed by atoms with Crippen LogP contribution < -0.4 is 10.6 Å². The van der Waals surface area contributed by atoms with Crippen LogP contribution in [0.3, 0.4) is 0 Å². The van der Waals surface area contributed by atoms with Gasteiger partial charge in [0.1, 0.15) is 0 Å². The van der Waals surface area contributed by atoms with Crippen LogP contribution in [0, 0.1) is 55.8 Å². The molecule has 2 aliphatic carbocycles. The first kappa shape index (κ1) is 27.9. The van der Waals surface area contributed by atoms with Crippen LogP contribution in [0.1, 0.15) is 39.2 Å². The Bertz CT molecular complexity index is 679. The second-order valence-electron chi connectivity index (χ2n) is 7.02. The fraction of sp³-hybridized carbons (Fsp3) is 0.524. The molecule has 6 heteroatoms. The first-order valence-electron chi connectivity index (χ1n) is 9.27. The van der Waals surface area contributed by atoms with Crippen molar-refractivity contribution in [3.8, 4) is 0 Å². The molecule has 2 atom stereocenters. The van der Waals surface area contributed by atoms with E-state index in [-0.39, 0.29) is 88.4 Å². The van der Waals surface area contributed by atoms with Gasteiger partial charge in [0.15, 0.2) is 0 Å². The number of carbonyl (C=O) groups is 1. The van der Waals surface area contributed by atoms with Gasteiger partial charge in [-0.3, -0.25) is 4.79 Å². The van der Waals surface area contributed by atoms with Crippen molar-refractivity contribution in [2.75, 3.05) is 7.05 Å². The van der Waals surface area contributed by atoms with E-state index in [4.69, 9.17) is 0 Å². The Hall–Kier alpha value is 0.878. The van der Waals surface area contributed by atoms with E-state index in [9.17, 15) is 4.79 Å². The quantitative estimate of drug-likeness (QED) is 0.364. The first-order chi connectivity index (χ1) is 12.1. The number of aromatic nitrogens is 1. The number of hydrogen-bond acceptors (Lipinski definition) is 2. The Morgan fingerprint density at radius 3 is 2.37 bits per heavy atom. The van der Waals surface area contributed by atoms with Gasteiger partial charge >= 0.3 is 0 Å². The maximum Gasteiger partial charge on any atom is 0.217 e. The summed E-state index contributed by atoms with van der Waals surface area (Å²) >= 11 is 0. The van der Waals surface area contributed by atoms with Gasteiger partial charge in [-0.05, 0) is 49.3 Å². The maximum absolute atomic E-state index is 10.7. The van der Waals surface area contributed by atoms with Crippen molar-refractivity contribution in [3.63, 3.8) is 0 Å². The molecule has 2 unspecified atom stereocenters. The Balaban J connectivity index is 0.000000431. The molecular formula is C21H32KN3OU-. The Kier molecular flexibility index (Phi) is 14.4. The van der Waals surface area contributed by atoms with Gasteiger partial charge in [0.05, 0.1) is 0 Å². The molecule has 4 nitrogen and oxygen atoms in total. The topological polar surface area (TPSA) is 56.9 Å². The van der Waals surface area contributed by atoms with Gasteiger partial charge < -0.3 is 22.5 Å². The molecule has 0 saturated heterocycles. The molecule has 2 fully saturated rings. The van der Waals surface area contributed by atoms with Crippen molar-refractivity contribution in [1.29, 1.82) is 0 Å². The van der Waals surface area contributed by atoms with Gasteiger partial charge in [-0.25, -0.2) is 0 Å². The summed E-state index contributed by atoms with van der Waals surface area (Å²) in [6, 6.07) is 8.88. The summed E-state index contributed by atoms with van der Waals surface area (Å²) < 4.78 is 0. The second kappa shape index (κ2) is 14.0. The van der Waals surface area contributed by atoms with Crippen LogP contribution in [0.5, 0.6) is 0 Å². The molecule has 4 rings (SSSR count). The Morgan fingerprint density at radius 2 is 1.81 bits per heavy atom. The van der Waals surface area contributed by atoms with Crippen LogP contribution in [0.25, 0.3) is 10.9 Å². The van der Waals surface area contributed by atoms with Gasteiger partial charge in [-0.2, -0.15) is 6.92 Å². The van der Waals surface area contributed by atoms with E-state index >= 15 is 0 Å². The van der Waals surface area contributed by atoms with Gasteiger partial charge in [-0.1, -0.05) is 25.1 Å². The third-order valence-electron chi connectivity index (χ3n) is 5.09. The van der Waals surface area contributed by atoms with Crippen molar-refractivity contribution < 1.29 is 35.9 Å². The molecule has 2 saturated carbocycles. The molecule has 1 aromatic heterocycles. The maximum atomic E-state index is 10.7. The third kappa shape index (κ3) is 7.90. The number of nitrogens with one attached hydrogen (secondary N) is 3. The minimum Gasteiger partial charge on any atom is -0.361 e. The Morgan fingerprint density at radius 1 is 1.22 bits per heavy atom. The number of H-pyrrole nitrogens is 1. The van der Waals surface area contributed by atoms with Crippen molar-refractivity contribution in [2.45, 2.75) is 46.2 Å². The summed E-state index contributed by atoms with van der Waals surface area (Å²) in [6.45, 7) is 9.83. The number of para-hydroxylation sites is 1. The molecule has 1 radical (unpaired) electrons. The third-order valence-corrected chi connectivity index (χ3v) is 5.09. The molecule has 1 amide bonds. The summed E-state index contributed by atoms with van der Waals surface area (Å²) in [4.78, 5) is 13.9. The van der Waals surface area contributed by atoms with Crippen molar-refractivity contribution in [3.05, 3.63) is 42.9 Å². The largest absolute Gasteiger partial charge is 0.361 e. The number of rotatable bonds is 3. The molecule has 0 bridgehead atoms. The van der Waals surface area contributed by atoms with Crippen LogP contribution in [0.15, 0.2) is 30.5 Å². The predicted octanol–water partition coefficient (Wildman–Crippen LogP) is 3.51. The zero-order valence-electron chi connectivity index (χ0n) is 17.4. The second-order valence-corrected chi connectivity index (χ2v) is 7.02. The molecule has 27 heavy (non-hydrogen) atoms. The number of amides is 1. The van der Waals surface area contributed by atoms with E-state index in [0.29, 0.717) is 6.04 Å². The van der Waals surface area contributed by atoms with Crippen LogP contribution in [0.2, 0.25) is 0 Å². The summed E-state index contributed by atoms with van der Waals surface area (Å²) in [5, 5.41) is 7.45. The van der Waals surface area contributed by atoms with E-state index in [1.807, 2.05) is 13.1 Å². The smallest absolute Gasteiger partial charge is 0.217 e. The van der Waals surface area contributed by atoms with E-state index < -0.39 is 0 Å².